The minimum Gasteiger partial charge on any atom is -0.496 e. The number of anilines is 1. The van der Waals surface area contributed by atoms with Crippen molar-refractivity contribution in [1.29, 1.82) is 0 Å². The maximum Gasteiger partial charge on any atom is 0.203 e. The second-order valence-electron chi connectivity index (χ2n) is 11.0. The highest BCUT2D eigenvalue weighted by Gasteiger charge is 2.33. The Bertz CT molecular complexity index is 1630. The fourth-order valence-corrected chi connectivity index (χ4v) is 7.02. The van der Waals surface area contributed by atoms with E-state index >= 15 is 0 Å². The molecule has 0 N–H and O–H groups in total. The number of halogens is 3. The number of methoxy groups -OCH3 is 4. The number of hydrogen-bond acceptors (Lipinski definition) is 6. The zero-order chi connectivity index (χ0) is 30.2. The van der Waals surface area contributed by atoms with Gasteiger partial charge < -0.3 is 28.4 Å². The van der Waals surface area contributed by atoms with Crippen molar-refractivity contribution in [2.75, 3.05) is 59.5 Å². The molecular formula is C33H36ClF2N3O4. The number of aromatic nitrogens is 1. The maximum absolute atomic E-state index is 14.1. The molecule has 0 spiro atoms. The number of piperazine rings is 1. The summed E-state index contributed by atoms with van der Waals surface area (Å²) in [6.07, 6.45) is 2.70. The van der Waals surface area contributed by atoms with Gasteiger partial charge in [0.05, 0.1) is 39.0 Å². The van der Waals surface area contributed by atoms with Gasteiger partial charge in [-0.15, -0.1) is 0 Å². The van der Waals surface area contributed by atoms with Crippen molar-refractivity contribution in [3.05, 3.63) is 75.9 Å². The highest BCUT2D eigenvalue weighted by molar-refractivity contribution is 6.35. The zero-order valence-electron chi connectivity index (χ0n) is 24.9. The third-order valence-electron chi connectivity index (χ3n) is 8.88. The molecule has 0 amide bonds. The van der Waals surface area contributed by atoms with Crippen LogP contribution in [0.15, 0.2) is 42.5 Å². The predicted molar refractivity (Wildman–Crippen MR) is 165 cm³/mol. The van der Waals surface area contributed by atoms with Crippen LogP contribution >= 0.6 is 11.6 Å². The van der Waals surface area contributed by atoms with Gasteiger partial charge in [0, 0.05) is 67.7 Å². The van der Waals surface area contributed by atoms with Crippen LogP contribution in [0.4, 0.5) is 14.5 Å². The fourth-order valence-electron chi connectivity index (χ4n) is 6.76. The Morgan fingerprint density at radius 2 is 1.51 bits per heavy atom. The van der Waals surface area contributed by atoms with Crippen LogP contribution in [0.5, 0.6) is 23.0 Å². The van der Waals surface area contributed by atoms with Crippen LogP contribution < -0.4 is 23.8 Å². The van der Waals surface area contributed by atoms with Gasteiger partial charge in [-0.25, -0.2) is 8.78 Å². The number of fused-ring (bicyclic) bond motifs is 3. The number of ether oxygens (including phenoxy) is 4. The average Bonchev–Trinajstić information content (AvgIpc) is 3.36. The molecule has 1 aromatic heterocycles. The lowest BCUT2D eigenvalue weighted by Crippen LogP contribution is -2.51. The number of rotatable bonds is 8. The molecule has 0 saturated carbocycles. The molecule has 2 heterocycles. The topological polar surface area (TPSA) is 48.3 Å². The minimum atomic E-state index is -0.851. The molecule has 0 bridgehead atoms. The van der Waals surface area contributed by atoms with E-state index in [0.29, 0.717) is 40.4 Å². The molecule has 1 unspecified atom stereocenters. The SMILES string of the molecule is COc1cc(N2CCN(C3CCc4c(c5c(OC)ccc(Cl)c5n4Cc4ccc(F)c(F)c4)C3)CC2)cc(OC)c1OC. The summed E-state index contributed by atoms with van der Waals surface area (Å²) >= 11 is 6.80. The molecule has 4 aromatic rings. The maximum atomic E-state index is 14.1. The molecule has 3 aromatic carbocycles. The molecule has 1 saturated heterocycles. The number of hydrogen-bond donors (Lipinski definition) is 0. The van der Waals surface area contributed by atoms with Gasteiger partial charge in [-0.2, -0.15) is 0 Å². The predicted octanol–water partition coefficient (Wildman–Crippen LogP) is 6.34. The Morgan fingerprint density at radius 1 is 0.814 bits per heavy atom. The Kier molecular flexibility index (Phi) is 8.29. The Labute approximate surface area is 255 Å². The van der Waals surface area contributed by atoms with Crippen molar-refractivity contribution in [3.8, 4) is 23.0 Å². The van der Waals surface area contributed by atoms with E-state index in [4.69, 9.17) is 30.5 Å². The summed E-state index contributed by atoms with van der Waals surface area (Å²) in [6.45, 7) is 3.97. The van der Waals surface area contributed by atoms with Crippen molar-refractivity contribution < 1.29 is 27.7 Å². The van der Waals surface area contributed by atoms with Crippen LogP contribution in [-0.4, -0.2) is 70.1 Å². The number of nitrogens with zero attached hydrogens (tertiary/aromatic N) is 3. The molecule has 43 heavy (non-hydrogen) atoms. The highest BCUT2D eigenvalue weighted by Crippen LogP contribution is 2.43. The van der Waals surface area contributed by atoms with Crippen LogP contribution in [-0.2, 0) is 19.4 Å². The van der Waals surface area contributed by atoms with Crippen molar-refractivity contribution in [2.45, 2.75) is 31.8 Å². The molecule has 1 aliphatic heterocycles. The molecular weight excluding hydrogens is 576 g/mol. The van der Waals surface area contributed by atoms with Gasteiger partial charge in [0.25, 0.3) is 0 Å². The van der Waals surface area contributed by atoms with Crippen molar-refractivity contribution in [2.24, 2.45) is 0 Å². The van der Waals surface area contributed by atoms with E-state index in [1.807, 2.05) is 24.3 Å². The molecule has 10 heteroatoms. The van der Waals surface area contributed by atoms with E-state index in [-0.39, 0.29) is 0 Å². The molecule has 1 aliphatic carbocycles. The van der Waals surface area contributed by atoms with Crippen LogP contribution in [0.3, 0.4) is 0 Å². The van der Waals surface area contributed by atoms with Crippen LogP contribution in [0.25, 0.3) is 10.9 Å². The lowest BCUT2D eigenvalue weighted by molar-refractivity contribution is 0.169. The lowest BCUT2D eigenvalue weighted by atomic mass is 9.89. The lowest BCUT2D eigenvalue weighted by Gasteiger charge is -2.41. The second-order valence-corrected chi connectivity index (χ2v) is 11.4. The van der Waals surface area contributed by atoms with Gasteiger partial charge in [-0.05, 0) is 54.7 Å². The third kappa shape index (κ3) is 5.33. The van der Waals surface area contributed by atoms with Crippen molar-refractivity contribution >= 4 is 28.2 Å². The Morgan fingerprint density at radius 3 is 2.14 bits per heavy atom. The summed E-state index contributed by atoms with van der Waals surface area (Å²) in [6, 6.07) is 12.2. The van der Waals surface area contributed by atoms with Crippen molar-refractivity contribution in [3.63, 3.8) is 0 Å². The van der Waals surface area contributed by atoms with Crippen LogP contribution in [0.2, 0.25) is 5.02 Å². The summed E-state index contributed by atoms with van der Waals surface area (Å²) < 4.78 is 52.4. The fraction of sp³-hybridized carbons (Fsp3) is 0.394. The quantitative estimate of drug-likeness (QED) is 0.232. The summed E-state index contributed by atoms with van der Waals surface area (Å²) in [5, 5.41) is 1.62. The van der Waals surface area contributed by atoms with E-state index in [0.717, 1.165) is 67.8 Å². The van der Waals surface area contributed by atoms with Crippen LogP contribution in [0, 0.1) is 11.6 Å². The van der Waals surface area contributed by atoms with E-state index in [2.05, 4.69) is 14.4 Å². The molecule has 0 radical (unpaired) electrons. The second kappa shape index (κ2) is 12.1. The Hall–Kier alpha value is -3.69. The summed E-state index contributed by atoms with van der Waals surface area (Å²) in [7, 11) is 6.54. The minimum absolute atomic E-state index is 0.362. The normalized spacial score (nSPS) is 17.2. The van der Waals surface area contributed by atoms with E-state index in [1.54, 1.807) is 34.5 Å². The standard InChI is InChI=1S/C33H36ClF2N3O4/c1-40-28-10-7-24(34)32-31(28)23-16-21(6-9-27(23)39(32)19-20-5-8-25(35)26(36)15-20)37-11-13-38(14-12-37)22-17-29(41-2)33(43-4)30(18-22)42-3/h5,7-8,10,15,17-18,21H,6,9,11-14,16,19H2,1-4H3. The first-order valence-electron chi connectivity index (χ1n) is 14.5. The summed E-state index contributed by atoms with van der Waals surface area (Å²) in [4.78, 5) is 4.93. The Balaban J connectivity index is 1.26. The van der Waals surface area contributed by atoms with Crippen molar-refractivity contribution in [1.82, 2.24) is 9.47 Å². The average molecular weight is 612 g/mol. The summed E-state index contributed by atoms with van der Waals surface area (Å²) in [5.74, 6) is 0.948. The molecule has 6 rings (SSSR count). The third-order valence-corrected chi connectivity index (χ3v) is 9.19. The van der Waals surface area contributed by atoms with Gasteiger partial charge in [0.2, 0.25) is 5.75 Å². The van der Waals surface area contributed by atoms with Gasteiger partial charge in [-0.1, -0.05) is 17.7 Å². The molecule has 7 nitrogen and oxygen atoms in total. The van der Waals surface area contributed by atoms with E-state index in [9.17, 15) is 8.78 Å². The zero-order valence-corrected chi connectivity index (χ0v) is 25.6. The number of benzene rings is 3. The van der Waals surface area contributed by atoms with E-state index in [1.165, 1.54) is 23.4 Å². The first kappa shape index (κ1) is 29.4. The largest absolute Gasteiger partial charge is 0.496 e. The summed E-state index contributed by atoms with van der Waals surface area (Å²) in [5.41, 5.74) is 5.00. The molecule has 228 valence electrons. The van der Waals surface area contributed by atoms with Gasteiger partial charge in [0.15, 0.2) is 23.1 Å². The molecule has 1 atom stereocenters. The molecule has 1 fully saturated rings. The highest BCUT2D eigenvalue weighted by atomic mass is 35.5. The van der Waals surface area contributed by atoms with Gasteiger partial charge in [0.1, 0.15) is 5.75 Å². The monoisotopic (exact) mass is 611 g/mol. The first-order chi connectivity index (χ1) is 20.9. The molecule has 2 aliphatic rings. The first-order valence-corrected chi connectivity index (χ1v) is 14.8. The van der Waals surface area contributed by atoms with Gasteiger partial charge >= 0.3 is 0 Å². The van der Waals surface area contributed by atoms with E-state index < -0.39 is 11.6 Å². The van der Waals surface area contributed by atoms with Crippen LogP contribution in [0.1, 0.15) is 23.2 Å². The smallest absolute Gasteiger partial charge is 0.203 e. The van der Waals surface area contributed by atoms with Gasteiger partial charge in [-0.3, -0.25) is 4.90 Å².